The maximum absolute atomic E-state index is 13.4. The molecule has 1 N–H and O–H groups in total. The van der Waals surface area contributed by atoms with Crippen LogP contribution in [0.1, 0.15) is 22.7 Å². The topological polar surface area (TPSA) is 97.6 Å². The average molecular weight is 377 g/mol. The molecule has 140 valence electrons. The molecule has 0 bridgehead atoms. The summed E-state index contributed by atoms with van der Waals surface area (Å²) in [6, 6.07) is 8.13. The monoisotopic (exact) mass is 377 g/mol. The van der Waals surface area contributed by atoms with Gasteiger partial charge in [-0.15, -0.1) is 0 Å². The van der Waals surface area contributed by atoms with Gasteiger partial charge in [0.15, 0.2) is 0 Å². The molecule has 1 aromatic carbocycles. The summed E-state index contributed by atoms with van der Waals surface area (Å²) in [4.78, 5) is 28.1. The number of halogens is 1. The van der Waals surface area contributed by atoms with Crippen molar-refractivity contribution in [3.05, 3.63) is 81.6 Å². The van der Waals surface area contributed by atoms with Crippen molar-refractivity contribution in [3.63, 3.8) is 0 Å². The van der Waals surface area contributed by atoms with Crippen LogP contribution in [0.25, 0.3) is 22.8 Å². The van der Waals surface area contributed by atoms with Gasteiger partial charge in [-0.3, -0.25) is 9.78 Å². The fourth-order valence-corrected chi connectivity index (χ4v) is 2.84. The minimum Gasteiger partial charge on any atom is -0.339 e. The molecule has 0 unspecified atom stereocenters. The van der Waals surface area contributed by atoms with E-state index in [1.807, 2.05) is 0 Å². The van der Waals surface area contributed by atoms with Gasteiger partial charge in [0.2, 0.25) is 11.7 Å². The first-order chi connectivity index (χ1) is 13.5. The summed E-state index contributed by atoms with van der Waals surface area (Å²) in [6.07, 6.45) is 3.42. The maximum Gasteiger partial charge on any atom is 0.255 e. The van der Waals surface area contributed by atoms with Gasteiger partial charge < -0.3 is 9.51 Å². The zero-order valence-corrected chi connectivity index (χ0v) is 15.2. The van der Waals surface area contributed by atoms with Gasteiger partial charge in [-0.25, -0.2) is 9.37 Å². The van der Waals surface area contributed by atoms with Crippen LogP contribution < -0.4 is 5.56 Å². The van der Waals surface area contributed by atoms with Crippen LogP contribution in [0.15, 0.2) is 52.0 Å². The Morgan fingerprint density at radius 2 is 1.86 bits per heavy atom. The first kappa shape index (κ1) is 17.7. The van der Waals surface area contributed by atoms with Crippen molar-refractivity contribution in [1.29, 1.82) is 0 Å². The van der Waals surface area contributed by atoms with Gasteiger partial charge in [0.25, 0.3) is 5.56 Å². The second-order valence-electron chi connectivity index (χ2n) is 6.37. The standard InChI is InChI=1S/C20H16FN5O2/c1-11-9-14(3-4-16(11)21)19-24-17(28-26-19)10-15-12(2)23-18(25-20(15)27)13-5-7-22-8-6-13/h3-9H,10H2,1-2H3,(H,23,25,27). The van der Waals surface area contributed by atoms with E-state index in [0.717, 1.165) is 5.56 Å². The minimum atomic E-state index is -0.296. The van der Waals surface area contributed by atoms with Gasteiger partial charge >= 0.3 is 0 Å². The van der Waals surface area contributed by atoms with Crippen LogP contribution in [0.2, 0.25) is 0 Å². The number of aromatic amines is 1. The molecule has 3 aromatic heterocycles. The zero-order chi connectivity index (χ0) is 19.7. The maximum atomic E-state index is 13.4. The molecule has 0 radical (unpaired) electrons. The van der Waals surface area contributed by atoms with E-state index >= 15 is 0 Å². The first-order valence-electron chi connectivity index (χ1n) is 8.60. The lowest BCUT2D eigenvalue weighted by atomic mass is 10.1. The number of benzene rings is 1. The predicted molar refractivity (Wildman–Crippen MR) is 100 cm³/mol. The van der Waals surface area contributed by atoms with E-state index in [2.05, 4.69) is 25.1 Å². The van der Waals surface area contributed by atoms with Gasteiger partial charge in [-0.1, -0.05) is 5.16 Å². The Hall–Kier alpha value is -3.68. The summed E-state index contributed by atoms with van der Waals surface area (Å²) in [5.41, 5.74) is 2.67. The second kappa shape index (κ2) is 7.15. The summed E-state index contributed by atoms with van der Waals surface area (Å²) < 4.78 is 18.7. The van der Waals surface area contributed by atoms with Crippen molar-refractivity contribution in [2.45, 2.75) is 20.3 Å². The lowest BCUT2D eigenvalue weighted by Gasteiger charge is -2.05. The first-order valence-corrected chi connectivity index (χ1v) is 8.60. The third-order valence-corrected chi connectivity index (χ3v) is 4.39. The Morgan fingerprint density at radius 1 is 1.07 bits per heavy atom. The lowest BCUT2D eigenvalue weighted by Crippen LogP contribution is -2.18. The number of hydrogen-bond acceptors (Lipinski definition) is 6. The highest BCUT2D eigenvalue weighted by Crippen LogP contribution is 2.20. The summed E-state index contributed by atoms with van der Waals surface area (Å²) >= 11 is 0. The van der Waals surface area contributed by atoms with Crippen molar-refractivity contribution in [3.8, 4) is 22.8 Å². The van der Waals surface area contributed by atoms with Crippen molar-refractivity contribution in [2.24, 2.45) is 0 Å². The van der Waals surface area contributed by atoms with Gasteiger partial charge in [0.05, 0.1) is 6.42 Å². The van der Waals surface area contributed by atoms with Gasteiger partial charge in [-0.05, 0) is 49.7 Å². The molecule has 28 heavy (non-hydrogen) atoms. The highest BCUT2D eigenvalue weighted by molar-refractivity contribution is 5.56. The van der Waals surface area contributed by atoms with E-state index in [0.29, 0.717) is 34.0 Å². The Bertz CT molecular complexity index is 1200. The molecule has 0 amide bonds. The van der Waals surface area contributed by atoms with Crippen LogP contribution in [0.3, 0.4) is 0 Å². The molecule has 0 fully saturated rings. The van der Waals surface area contributed by atoms with E-state index < -0.39 is 0 Å². The van der Waals surface area contributed by atoms with Gasteiger partial charge in [-0.2, -0.15) is 4.98 Å². The molecular formula is C20H16FN5O2. The van der Waals surface area contributed by atoms with Gasteiger partial charge in [0.1, 0.15) is 11.6 Å². The van der Waals surface area contributed by atoms with E-state index in [-0.39, 0.29) is 23.7 Å². The number of H-pyrrole nitrogens is 1. The molecule has 0 spiro atoms. The molecule has 0 saturated heterocycles. The molecule has 3 heterocycles. The zero-order valence-electron chi connectivity index (χ0n) is 15.2. The van der Waals surface area contributed by atoms with E-state index in [4.69, 9.17) is 4.52 Å². The number of nitrogens with zero attached hydrogens (tertiary/aromatic N) is 4. The van der Waals surface area contributed by atoms with Crippen LogP contribution >= 0.6 is 0 Å². The fourth-order valence-electron chi connectivity index (χ4n) is 2.84. The Balaban J connectivity index is 1.62. The van der Waals surface area contributed by atoms with Crippen LogP contribution in [0.4, 0.5) is 4.39 Å². The molecule has 8 heteroatoms. The Kier molecular flexibility index (Phi) is 4.52. The highest BCUT2D eigenvalue weighted by atomic mass is 19.1. The quantitative estimate of drug-likeness (QED) is 0.586. The van der Waals surface area contributed by atoms with Crippen LogP contribution in [0, 0.1) is 19.7 Å². The highest BCUT2D eigenvalue weighted by Gasteiger charge is 2.15. The Morgan fingerprint density at radius 3 is 2.57 bits per heavy atom. The summed E-state index contributed by atoms with van der Waals surface area (Å²) in [6.45, 7) is 3.43. The summed E-state index contributed by atoms with van der Waals surface area (Å²) in [7, 11) is 0. The van der Waals surface area contributed by atoms with Crippen molar-refractivity contribution < 1.29 is 8.91 Å². The molecule has 0 aliphatic carbocycles. The number of nitrogens with one attached hydrogen (secondary N) is 1. The molecule has 4 aromatic rings. The molecule has 0 atom stereocenters. The molecule has 0 aliphatic heterocycles. The number of pyridine rings is 1. The number of aryl methyl sites for hydroxylation is 2. The predicted octanol–water partition coefficient (Wildman–Crippen LogP) is 3.23. The fraction of sp³-hybridized carbons (Fsp3) is 0.150. The van der Waals surface area contributed by atoms with E-state index in [9.17, 15) is 9.18 Å². The lowest BCUT2D eigenvalue weighted by molar-refractivity contribution is 0.385. The third-order valence-electron chi connectivity index (χ3n) is 4.39. The molecule has 4 rings (SSSR count). The summed E-state index contributed by atoms with van der Waals surface area (Å²) in [5.74, 6) is 0.800. The number of rotatable bonds is 4. The van der Waals surface area contributed by atoms with Crippen LogP contribution in [-0.4, -0.2) is 25.1 Å². The normalized spacial score (nSPS) is 11.0. The van der Waals surface area contributed by atoms with Crippen LogP contribution in [0.5, 0.6) is 0 Å². The van der Waals surface area contributed by atoms with Crippen molar-refractivity contribution >= 4 is 0 Å². The molecule has 0 aliphatic rings. The third kappa shape index (κ3) is 3.44. The van der Waals surface area contributed by atoms with Crippen molar-refractivity contribution in [2.75, 3.05) is 0 Å². The van der Waals surface area contributed by atoms with E-state index in [1.165, 1.54) is 6.07 Å². The molecule has 0 saturated carbocycles. The molecular weight excluding hydrogens is 361 g/mol. The average Bonchev–Trinajstić information content (AvgIpc) is 3.16. The SMILES string of the molecule is Cc1cc(-c2noc(Cc3c(C)nc(-c4ccncc4)[nH]c3=O)n2)ccc1F. The Labute approximate surface area is 159 Å². The minimum absolute atomic E-state index is 0.151. The van der Waals surface area contributed by atoms with E-state index in [1.54, 1.807) is 50.5 Å². The molecule has 7 nitrogen and oxygen atoms in total. The largest absolute Gasteiger partial charge is 0.339 e. The number of hydrogen-bond donors (Lipinski definition) is 1. The number of aromatic nitrogens is 5. The van der Waals surface area contributed by atoms with Crippen LogP contribution in [-0.2, 0) is 6.42 Å². The second-order valence-corrected chi connectivity index (χ2v) is 6.37. The van der Waals surface area contributed by atoms with Crippen molar-refractivity contribution in [1.82, 2.24) is 25.1 Å². The summed E-state index contributed by atoms with van der Waals surface area (Å²) in [5, 5.41) is 3.93. The smallest absolute Gasteiger partial charge is 0.255 e. The van der Waals surface area contributed by atoms with Gasteiger partial charge in [0, 0.05) is 34.8 Å².